The lowest BCUT2D eigenvalue weighted by atomic mass is 10.2. The molecule has 0 heterocycles. The summed E-state index contributed by atoms with van der Waals surface area (Å²) in [6.45, 7) is 5.77. The third-order valence-corrected chi connectivity index (χ3v) is 1.17. The zero-order chi connectivity index (χ0) is 8.15. The highest BCUT2D eigenvalue weighted by Gasteiger charge is 1.99. The molecule has 0 spiro atoms. The summed E-state index contributed by atoms with van der Waals surface area (Å²) in [5.74, 6) is 1.07. The number of aliphatic imine (C=N–C) groups is 1. The SMILES string of the molecule is CCC(N)=NC(=N)C(C)C. The molecule has 3 heteroatoms. The highest BCUT2D eigenvalue weighted by molar-refractivity contribution is 5.95. The molecule has 0 aromatic rings. The molecule has 0 bridgehead atoms. The van der Waals surface area contributed by atoms with Crippen LogP contribution >= 0.6 is 0 Å². The van der Waals surface area contributed by atoms with Crippen LogP contribution in [0, 0.1) is 11.3 Å². The molecule has 0 rings (SSSR count). The van der Waals surface area contributed by atoms with Crippen LogP contribution < -0.4 is 5.73 Å². The van der Waals surface area contributed by atoms with Gasteiger partial charge >= 0.3 is 0 Å². The van der Waals surface area contributed by atoms with E-state index < -0.39 is 0 Å². The highest BCUT2D eigenvalue weighted by Crippen LogP contribution is 1.95. The minimum absolute atomic E-state index is 0.171. The topological polar surface area (TPSA) is 62.2 Å². The Labute approximate surface area is 61.8 Å². The van der Waals surface area contributed by atoms with Crippen molar-refractivity contribution in [3.63, 3.8) is 0 Å². The fourth-order valence-corrected chi connectivity index (χ4v) is 0.363. The summed E-state index contributed by atoms with van der Waals surface area (Å²) in [4.78, 5) is 3.87. The number of nitrogens with two attached hydrogens (primary N) is 1. The first-order valence-corrected chi connectivity index (χ1v) is 3.49. The Balaban J connectivity index is 4.00. The highest BCUT2D eigenvalue weighted by atomic mass is 14.9. The van der Waals surface area contributed by atoms with Crippen molar-refractivity contribution in [2.45, 2.75) is 27.2 Å². The van der Waals surface area contributed by atoms with Crippen molar-refractivity contribution in [1.29, 1.82) is 5.41 Å². The molecular formula is C7H15N3. The van der Waals surface area contributed by atoms with Crippen molar-refractivity contribution >= 4 is 11.7 Å². The average Bonchev–Trinajstić information content (AvgIpc) is 1.87. The van der Waals surface area contributed by atoms with Gasteiger partial charge < -0.3 is 5.73 Å². The Kier molecular flexibility index (Phi) is 3.69. The van der Waals surface area contributed by atoms with Gasteiger partial charge in [-0.2, -0.15) is 0 Å². The Morgan fingerprint density at radius 2 is 2.10 bits per heavy atom. The van der Waals surface area contributed by atoms with Gasteiger partial charge in [0.05, 0.1) is 0 Å². The first-order valence-electron chi connectivity index (χ1n) is 3.49. The fourth-order valence-electron chi connectivity index (χ4n) is 0.363. The molecule has 0 amide bonds. The van der Waals surface area contributed by atoms with Gasteiger partial charge in [-0.15, -0.1) is 0 Å². The van der Waals surface area contributed by atoms with E-state index in [0.29, 0.717) is 11.7 Å². The predicted molar refractivity (Wildman–Crippen MR) is 44.5 cm³/mol. The molecule has 0 aromatic heterocycles. The fraction of sp³-hybridized carbons (Fsp3) is 0.714. The number of amidine groups is 2. The summed E-state index contributed by atoms with van der Waals surface area (Å²) >= 11 is 0. The van der Waals surface area contributed by atoms with Crippen LogP contribution in [0.4, 0.5) is 0 Å². The van der Waals surface area contributed by atoms with Gasteiger partial charge in [-0.05, 0) is 0 Å². The largest absolute Gasteiger partial charge is 0.387 e. The maximum Gasteiger partial charge on any atom is 0.125 e. The molecule has 0 aliphatic carbocycles. The van der Waals surface area contributed by atoms with Gasteiger partial charge in [0.15, 0.2) is 0 Å². The molecule has 0 aliphatic rings. The lowest BCUT2D eigenvalue weighted by Crippen LogP contribution is -2.14. The van der Waals surface area contributed by atoms with Crippen LogP contribution in [0.3, 0.4) is 0 Å². The van der Waals surface area contributed by atoms with Crippen molar-refractivity contribution < 1.29 is 0 Å². The number of nitrogens with zero attached hydrogens (tertiary/aromatic N) is 1. The van der Waals surface area contributed by atoms with E-state index in [1.165, 1.54) is 0 Å². The second kappa shape index (κ2) is 4.04. The average molecular weight is 141 g/mol. The van der Waals surface area contributed by atoms with Gasteiger partial charge in [0.1, 0.15) is 11.7 Å². The summed E-state index contributed by atoms with van der Waals surface area (Å²) in [5, 5.41) is 7.31. The minimum atomic E-state index is 0.171. The minimum Gasteiger partial charge on any atom is -0.387 e. The van der Waals surface area contributed by atoms with Gasteiger partial charge in [-0.3, -0.25) is 5.41 Å². The van der Waals surface area contributed by atoms with E-state index >= 15 is 0 Å². The molecule has 0 saturated carbocycles. The summed E-state index contributed by atoms with van der Waals surface area (Å²) in [5.41, 5.74) is 5.42. The van der Waals surface area contributed by atoms with Crippen LogP contribution in [0.25, 0.3) is 0 Å². The smallest absolute Gasteiger partial charge is 0.125 e. The second-order valence-corrected chi connectivity index (χ2v) is 2.50. The van der Waals surface area contributed by atoms with E-state index in [1.807, 2.05) is 20.8 Å². The number of hydrogen-bond acceptors (Lipinski definition) is 1. The van der Waals surface area contributed by atoms with E-state index in [0.717, 1.165) is 6.42 Å². The maximum absolute atomic E-state index is 7.31. The van der Waals surface area contributed by atoms with Gasteiger partial charge in [0.25, 0.3) is 0 Å². The molecule has 0 aliphatic heterocycles. The Bertz CT molecular complexity index is 147. The van der Waals surface area contributed by atoms with Crippen molar-refractivity contribution in [2.75, 3.05) is 0 Å². The molecule has 0 atom stereocenters. The molecule has 0 radical (unpaired) electrons. The van der Waals surface area contributed by atoms with Crippen LogP contribution in [0.5, 0.6) is 0 Å². The zero-order valence-electron chi connectivity index (χ0n) is 6.81. The van der Waals surface area contributed by atoms with Crippen molar-refractivity contribution in [1.82, 2.24) is 0 Å². The lowest BCUT2D eigenvalue weighted by Gasteiger charge is -2.01. The molecule has 10 heavy (non-hydrogen) atoms. The van der Waals surface area contributed by atoms with Crippen molar-refractivity contribution in [2.24, 2.45) is 16.6 Å². The maximum atomic E-state index is 7.31. The molecule has 0 aromatic carbocycles. The van der Waals surface area contributed by atoms with Crippen LogP contribution in [0.15, 0.2) is 4.99 Å². The first-order chi connectivity index (χ1) is 4.57. The Morgan fingerprint density at radius 1 is 1.60 bits per heavy atom. The molecule has 0 unspecified atom stereocenters. The van der Waals surface area contributed by atoms with Gasteiger partial charge in [0, 0.05) is 12.3 Å². The van der Waals surface area contributed by atoms with E-state index in [9.17, 15) is 0 Å². The zero-order valence-corrected chi connectivity index (χ0v) is 6.81. The van der Waals surface area contributed by atoms with E-state index in [1.54, 1.807) is 0 Å². The monoisotopic (exact) mass is 141 g/mol. The molecule has 0 saturated heterocycles. The number of hydrogen-bond donors (Lipinski definition) is 2. The van der Waals surface area contributed by atoms with Crippen LogP contribution in [0.1, 0.15) is 27.2 Å². The standard InChI is InChI=1S/C7H15N3/c1-4-6(8)10-7(9)5(2)3/h5H,4H2,1-3H3,(H3,8,9,10). The normalized spacial score (nSPS) is 12.2. The van der Waals surface area contributed by atoms with Gasteiger partial charge in [-0.25, -0.2) is 4.99 Å². The quantitative estimate of drug-likeness (QED) is 0.443. The predicted octanol–water partition coefficient (Wildman–Crippen LogP) is 1.39. The van der Waals surface area contributed by atoms with Gasteiger partial charge in [0.2, 0.25) is 0 Å². The number of nitrogens with one attached hydrogen (secondary N) is 1. The Morgan fingerprint density at radius 3 is 2.40 bits per heavy atom. The second-order valence-electron chi connectivity index (χ2n) is 2.50. The first kappa shape index (κ1) is 9.14. The van der Waals surface area contributed by atoms with E-state index in [2.05, 4.69) is 4.99 Å². The molecule has 58 valence electrons. The van der Waals surface area contributed by atoms with Crippen molar-refractivity contribution in [3.8, 4) is 0 Å². The van der Waals surface area contributed by atoms with Crippen LogP contribution in [0.2, 0.25) is 0 Å². The Hall–Kier alpha value is -0.860. The summed E-state index contributed by atoms with van der Waals surface area (Å²) < 4.78 is 0. The molecule has 3 N–H and O–H groups in total. The molecule has 3 nitrogen and oxygen atoms in total. The van der Waals surface area contributed by atoms with E-state index in [4.69, 9.17) is 11.1 Å². The number of rotatable bonds is 2. The summed E-state index contributed by atoms with van der Waals surface area (Å²) in [7, 11) is 0. The third-order valence-electron chi connectivity index (χ3n) is 1.17. The van der Waals surface area contributed by atoms with Gasteiger partial charge in [-0.1, -0.05) is 20.8 Å². The summed E-state index contributed by atoms with van der Waals surface area (Å²) in [6, 6.07) is 0. The molecule has 0 fully saturated rings. The van der Waals surface area contributed by atoms with E-state index in [-0.39, 0.29) is 5.92 Å². The summed E-state index contributed by atoms with van der Waals surface area (Å²) in [6.07, 6.45) is 0.717. The lowest BCUT2D eigenvalue weighted by molar-refractivity contribution is 0.864. The van der Waals surface area contributed by atoms with Crippen LogP contribution in [-0.4, -0.2) is 11.7 Å². The molecular weight excluding hydrogens is 126 g/mol. The van der Waals surface area contributed by atoms with Crippen LogP contribution in [-0.2, 0) is 0 Å². The third kappa shape index (κ3) is 3.22. The van der Waals surface area contributed by atoms with Crippen molar-refractivity contribution in [3.05, 3.63) is 0 Å².